The number of furan rings is 1. The highest BCUT2D eigenvalue weighted by atomic mass is 79.9. The quantitative estimate of drug-likeness (QED) is 0.878. The van der Waals surface area contributed by atoms with Gasteiger partial charge in [0.15, 0.2) is 0 Å². The maximum Gasteiger partial charge on any atom is 0.234 e. The van der Waals surface area contributed by atoms with Gasteiger partial charge in [-0.25, -0.2) is 0 Å². The zero-order chi connectivity index (χ0) is 14.9. The number of nitrogens with two attached hydrogens (primary N) is 1. The molecule has 3 N–H and O–H groups in total. The molecule has 2 rings (SSSR count). The number of nitrogens with one attached hydrogen (secondary N) is 1. The molecule has 0 aliphatic heterocycles. The van der Waals surface area contributed by atoms with Crippen LogP contribution in [0.5, 0.6) is 0 Å². The number of rotatable bonds is 5. The first-order valence-electron chi connectivity index (χ1n) is 6.63. The molecule has 1 heterocycles. The molecule has 0 spiro atoms. The van der Waals surface area contributed by atoms with Crippen LogP contribution < -0.4 is 11.1 Å². The van der Waals surface area contributed by atoms with Crippen LogP contribution in [0, 0.1) is 5.92 Å². The van der Waals surface area contributed by atoms with Gasteiger partial charge in [-0.15, -0.1) is 0 Å². The molecule has 0 bridgehead atoms. The van der Waals surface area contributed by atoms with Crippen LogP contribution in [0.15, 0.2) is 33.2 Å². The van der Waals surface area contributed by atoms with Gasteiger partial charge in [0, 0.05) is 9.86 Å². The fourth-order valence-electron chi connectivity index (χ4n) is 2.20. The van der Waals surface area contributed by atoms with Crippen LogP contribution in [0.2, 0.25) is 0 Å². The van der Waals surface area contributed by atoms with Crippen LogP contribution >= 0.6 is 15.9 Å². The Labute approximate surface area is 126 Å². The third-order valence-electron chi connectivity index (χ3n) is 3.33. The van der Waals surface area contributed by atoms with Gasteiger partial charge in [0.25, 0.3) is 0 Å². The summed E-state index contributed by atoms with van der Waals surface area (Å²) in [7, 11) is 0. The lowest BCUT2D eigenvalue weighted by Crippen LogP contribution is -2.45. The van der Waals surface area contributed by atoms with Gasteiger partial charge < -0.3 is 10.2 Å². The highest BCUT2D eigenvalue weighted by molar-refractivity contribution is 9.10. The summed E-state index contributed by atoms with van der Waals surface area (Å²) >= 11 is 3.44. The molecule has 0 aliphatic rings. The maximum atomic E-state index is 11.4. The van der Waals surface area contributed by atoms with Crippen molar-refractivity contribution in [2.75, 3.05) is 0 Å². The zero-order valence-electron chi connectivity index (χ0n) is 11.8. The van der Waals surface area contributed by atoms with E-state index in [2.05, 4.69) is 21.2 Å². The molecular weight excluding hydrogens is 320 g/mol. The van der Waals surface area contributed by atoms with Gasteiger partial charge in [-0.05, 0) is 37.1 Å². The Hall–Kier alpha value is -1.33. The molecule has 108 valence electrons. The number of amides is 1. The van der Waals surface area contributed by atoms with Crippen LogP contribution in [-0.4, -0.2) is 11.9 Å². The number of carbonyl (C=O) groups is 1. The summed E-state index contributed by atoms with van der Waals surface area (Å²) in [5.41, 5.74) is 6.25. The van der Waals surface area contributed by atoms with E-state index in [0.29, 0.717) is 0 Å². The summed E-state index contributed by atoms with van der Waals surface area (Å²) in [6.07, 6.45) is 0. The molecule has 0 aliphatic carbocycles. The molecule has 2 atom stereocenters. The lowest BCUT2D eigenvalue weighted by Gasteiger charge is -2.22. The van der Waals surface area contributed by atoms with Gasteiger partial charge in [-0.3, -0.25) is 10.1 Å². The van der Waals surface area contributed by atoms with Crippen molar-refractivity contribution in [2.24, 2.45) is 11.7 Å². The smallest absolute Gasteiger partial charge is 0.234 e. The van der Waals surface area contributed by atoms with Crippen molar-refractivity contribution in [3.8, 4) is 0 Å². The van der Waals surface area contributed by atoms with Crippen molar-refractivity contribution in [3.05, 3.63) is 34.5 Å². The van der Waals surface area contributed by atoms with E-state index < -0.39 is 0 Å². The second-order valence-electron chi connectivity index (χ2n) is 5.34. The summed E-state index contributed by atoms with van der Waals surface area (Å²) in [5, 5.41) is 4.26. The van der Waals surface area contributed by atoms with Crippen LogP contribution in [0.25, 0.3) is 11.0 Å². The van der Waals surface area contributed by atoms with Crippen molar-refractivity contribution >= 4 is 32.8 Å². The second-order valence-corrected chi connectivity index (χ2v) is 6.26. The van der Waals surface area contributed by atoms with Crippen LogP contribution in [0.1, 0.15) is 32.6 Å². The van der Waals surface area contributed by atoms with Gasteiger partial charge in [0.1, 0.15) is 11.3 Å². The van der Waals surface area contributed by atoms with Crippen molar-refractivity contribution in [1.29, 1.82) is 0 Å². The van der Waals surface area contributed by atoms with Gasteiger partial charge in [0.2, 0.25) is 5.91 Å². The normalized spacial score (nSPS) is 14.7. The van der Waals surface area contributed by atoms with Gasteiger partial charge in [-0.2, -0.15) is 0 Å². The van der Waals surface area contributed by atoms with Crippen LogP contribution in [-0.2, 0) is 4.79 Å². The number of hydrogen-bond donors (Lipinski definition) is 2. The molecule has 1 aromatic carbocycles. The van der Waals surface area contributed by atoms with E-state index >= 15 is 0 Å². The average molecular weight is 339 g/mol. The lowest BCUT2D eigenvalue weighted by molar-refractivity contribution is -0.121. The van der Waals surface area contributed by atoms with Crippen molar-refractivity contribution in [2.45, 2.75) is 32.9 Å². The second kappa shape index (κ2) is 5.97. The summed E-state index contributed by atoms with van der Waals surface area (Å²) < 4.78 is 6.82. The van der Waals surface area contributed by atoms with Crippen molar-refractivity contribution in [1.82, 2.24) is 5.32 Å². The van der Waals surface area contributed by atoms with E-state index in [0.717, 1.165) is 21.2 Å². The van der Waals surface area contributed by atoms with E-state index in [1.807, 2.05) is 45.0 Å². The first-order valence-corrected chi connectivity index (χ1v) is 7.42. The first-order chi connectivity index (χ1) is 9.38. The van der Waals surface area contributed by atoms with Gasteiger partial charge in [0.05, 0.1) is 12.1 Å². The average Bonchev–Trinajstić information content (AvgIpc) is 2.77. The SMILES string of the molecule is CC(NC(C(N)=O)C(C)C)c1cc2cc(Br)ccc2o1. The molecule has 0 saturated heterocycles. The molecule has 2 unspecified atom stereocenters. The minimum atomic E-state index is -0.370. The van der Waals surface area contributed by atoms with Crippen molar-refractivity contribution in [3.63, 3.8) is 0 Å². The van der Waals surface area contributed by atoms with E-state index in [1.165, 1.54) is 0 Å². The number of fused-ring (bicyclic) bond motifs is 1. The summed E-state index contributed by atoms with van der Waals surface area (Å²) in [4.78, 5) is 11.4. The topological polar surface area (TPSA) is 68.3 Å². The molecule has 0 fully saturated rings. The Balaban J connectivity index is 2.22. The Bertz CT molecular complexity index is 621. The molecule has 1 aromatic heterocycles. The zero-order valence-corrected chi connectivity index (χ0v) is 13.4. The Morgan fingerprint density at radius 1 is 1.30 bits per heavy atom. The summed E-state index contributed by atoms with van der Waals surface area (Å²) in [5.74, 6) is 0.587. The van der Waals surface area contributed by atoms with Crippen LogP contribution in [0.4, 0.5) is 0 Å². The predicted molar refractivity (Wildman–Crippen MR) is 83.3 cm³/mol. The molecular formula is C15H19BrN2O2. The standard InChI is InChI=1S/C15H19BrN2O2/c1-8(2)14(15(17)19)18-9(3)13-7-10-6-11(16)4-5-12(10)20-13/h4-9,14,18H,1-3H3,(H2,17,19). The fraction of sp³-hybridized carbons (Fsp3) is 0.400. The van der Waals surface area contributed by atoms with Crippen molar-refractivity contribution < 1.29 is 9.21 Å². The molecule has 0 radical (unpaired) electrons. The lowest BCUT2D eigenvalue weighted by atomic mass is 10.0. The molecule has 4 nitrogen and oxygen atoms in total. The molecule has 5 heteroatoms. The first kappa shape index (κ1) is 15.1. The highest BCUT2D eigenvalue weighted by Gasteiger charge is 2.23. The van der Waals surface area contributed by atoms with E-state index in [1.54, 1.807) is 0 Å². The van der Waals surface area contributed by atoms with Crippen LogP contribution in [0.3, 0.4) is 0 Å². The largest absolute Gasteiger partial charge is 0.459 e. The number of benzene rings is 1. The summed E-state index contributed by atoms with van der Waals surface area (Å²) in [6, 6.07) is 7.39. The molecule has 1 amide bonds. The van der Waals surface area contributed by atoms with E-state index in [-0.39, 0.29) is 23.9 Å². The van der Waals surface area contributed by atoms with E-state index in [9.17, 15) is 4.79 Å². The molecule has 20 heavy (non-hydrogen) atoms. The Morgan fingerprint density at radius 2 is 2.00 bits per heavy atom. The van der Waals surface area contributed by atoms with Gasteiger partial charge in [-0.1, -0.05) is 29.8 Å². The van der Waals surface area contributed by atoms with E-state index in [4.69, 9.17) is 10.2 Å². The predicted octanol–water partition coefficient (Wildman–Crippen LogP) is 3.36. The third-order valence-corrected chi connectivity index (χ3v) is 3.82. The molecule has 2 aromatic rings. The maximum absolute atomic E-state index is 11.4. The Morgan fingerprint density at radius 3 is 2.60 bits per heavy atom. The van der Waals surface area contributed by atoms with Gasteiger partial charge >= 0.3 is 0 Å². The fourth-order valence-corrected chi connectivity index (χ4v) is 2.58. The number of primary amides is 1. The Kier molecular flexibility index (Phi) is 4.50. The highest BCUT2D eigenvalue weighted by Crippen LogP contribution is 2.27. The summed E-state index contributed by atoms with van der Waals surface area (Å²) in [6.45, 7) is 5.89. The minimum absolute atomic E-state index is 0.0823. The minimum Gasteiger partial charge on any atom is -0.459 e. The number of hydrogen-bond acceptors (Lipinski definition) is 3. The third kappa shape index (κ3) is 3.22. The molecule has 0 saturated carbocycles. The number of halogens is 1. The monoisotopic (exact) mass is 338 g/mol. The number of carbonyl (C=O) groups excluding carboxylic acids is 1.